The summed E-state index contributed by atoms with van der Waals surface area (Å²) in [6.07, 6.45) is 0.865. The van der Waals surface area contributed by atoms with Crippen LogP contribution in [0, 0.1) is 6.92 Å². The van der Waals surface area contributed by atoms with Crippen molar-refractivity contribution >= 4 is 64.9 Å². The quantitative estimate of drug-likeness (QED) is 0.153. The molecule has 0 saturated carbocycles. The number of aryl methyl sites for hydroxylation is 2. The Morgan fingerprint density at radius 3 is 1.69 bits per heavy atom. The number of aromatic nitrogens is 2. The van der Waals surface area contributed by atoms with E-state index in [1.165, 1.54) is 104 Å². The summed E-state index contributed by atoms with van der Waals surface area (Å²) in [5, 5.41) is 12.8. The van der Waals surface area contributed by atoms with E-state index < -0.39 is 0 Å². The van der Waals surface area contributed by atoms with E-state index in [4.69, 9.17) is 4.98 Å². The Balaban J connectivity index is 0.923. The van der Waals surface area contributed by atoms with Gasteiger partial charge in [-0.2, -0.15) is 0 Å². The lowest BCUT2D eigenvalue weighted by Gasteiger charge is -2.16. The molecule has 12 aromatic rings. The van der Waals surface area contributed by atoms with Gasteiger partial charge in [0.1, 0.15) is 5.82 Å². The number of nitrogens with zero attached hydrogens (tertiary/aromatic N) is 2. The number of imidazole rings is 1. The van der Waals surface area contributed by atoms with Crippen LogP contribution in [0.5, 0.6) is 0 Å². The van der Waals surface area contributed by atoms with Gasteiger partial charge in [-0.05, 0) is 141 Å². The maximum atomic E-state index is 5.06. The van der Waals surface area contributed by atoms with Crippen LogP contribution < -0.4 is 0 Å². The van der Waals surface area contributed by atoms with Gasteiger partial charge in [-0.25, -0.2) is 4.98 Å². The zero-order chi connectivity index (χ0) is 41.3. The molecule has 1 heterocycles. The molecule has 11 aromatic carbocycles. The second-order valence-electron chi connectivity index (χ2n) is 16.6. The summed E-state index contributed by atoms with van der Waals surface area (Å²) >= 11 is 0. The van der Waals surface area contributed by atoms with E-state index in [0.717, 1.165) is 29.0 Å². The average Bonchev–Trinajstić information content (AvgIpc) is 3.71. The molecule has 2 heteroatoms. The summed E-state index contributed by atoms with van der Waals surface area (Å²) in [4.78, 5) is 5.06. The van der Waals surface area contributed by atoms with Crippen molar-refractivity contribution in [1.29, 1.82) is 0 Å². The zero-order valence-electron chi connectivity index (χ0n) is 34.7. The van der Waals surface area contributed by atoms with E-state index in [2.05, 4.69) is 225 Å². The van der Waals surface area contributed by atoms with Crippen LogP contribution in [-0.4, -0.2) is 9.55 Å². The number of benzene rings is 11. The number of hydrogen-bond acceptors (Lipinski definition) is 1. The fourth-order valence-electron chi connectivity index (χ4n) is 10.1. The van der Waals surface area contributed by atoms with Crippen molar-refractivity contribution in [1.82, 2.24) is 9.55 Å². The zero-order valence-corrected chi connectivity index (χ0v) is 34.7. The van der Waals surface area contributed by atoms with Gasteiger partial charge in [0.2, 0.25) is 0 Å². The van der Waals surface area contributed by atoms with Gasteiger partial charge in [0.05, 0.1) is 11.0 Å². The molecule has 0 N–H and O–H groups in total. The van der Waals surface area contributed by atoms with Gasteiger partial charge >= 0.3 is 0 Å². The van der Waals surface area contributed by atoms with Crippen LogP contribution in [0.4, 0.5) is 0 Å². The molecule has 0 saturated heterocycles. The molecule has 0 fully saturated rings. The van der Waals surface area contributed by atoms with E-state index in [9.17, 15) is 0 Å². The molecular formula is C60H42N2. The first-order valence-electron chi connectivity index (χ1n) is 21.7. The summed E-state index contributed by atoms with van der Waals surface area (Å²) in [7, 11) is 0. The lowest BCUT2D eigenvalue weighted by Crippen LogP contribution is -1.99. The normalized spacial score (nSPS) is 11.8. The molecule has 0 spiro atoms. The van der Waals surface area contributed by atoms with Crippen LogP contribution in [0.3, 0.4) is 0 Å². The maximum Gasteiger partial charge on any atom is 0.114 e. The molecule has 0 radical (unpaired) electrons. The van der Waals surface area contributed by atoms with Crippen molar-refractivity contribution in [2.24, 2.45) is 0 Å². The molecule has 0 aliphatic heterocycles. The lowest BCUT2D eigenvalue weighted by molar-refractivity contribution is 0.908. The molecule has 62 heavy (non-hydrogen) atoms. The minimum Gasteiger partial charge on any atom is -0.296 e. The van der Waals surface area contributed by atoms with Crippen LogP contribution in [0.15, 0.2) is 206 Å². The SMILES string of the molecule is CCc1nc2cc(-c3ccc(-c4ccc(-c5ccc6c(ccc7cccc(-c8cccc9ccc%10cccc(C)c%10c89)c76)c5)c5ccccc45)cc3)ccc2n1-c1ccccc1. The molecule has 2 nitrogen and oxygen atoms in total. The molecule has 292 valence electrons. The van der Waals surface area contributed by atoms with Gasteiger partial charge in [-0.1, -0.05) is 183 Å². The Bertz CT molecular complexity index is 3720. The third-order valence-electron chi connectivity index (χ3n) is 13.1. The van der Waals surface area contributed by atoms with Gasteiger partial charge in [-0.15, -0.1) is 0 Å². The molecule has 0 aliphatic rings. The highest BCUT2D eigenvalue weighted by Gasteiger charge is 2.17. The second-order valence-corrected chi connectivity index (χ2v) is 16.6. The highest BCUT2D eigenvalue weighted by molar-refractivity contribution is 6.22. The highest BCUT2D eigenvalue weighted by Crippen LogP contribution is 2.43. The van der Waals surface area contributed by atoms with Crippen molar-refractivity contribution in [2.45, 2.75) is 20.3 Å². The summed E-state index contributed by atoms with van der Waals surface area (Å²) < 4.78 is 2.28. The van der Waals surface area contributed by atoms with Crippen LogP contribution in [0.1, 0.15) is 18.3 Å². The van der Waals surface area contributed by atoms with E-state index in [0.29, 0.717) is 0 Å². The summed E-state index contributed by atoms with van der Waals surface area (Å²) in [6, 6.07) is 76.0. The van der Waals surface area contributed by atoms with Crippen molar-refractivity contribution in [3.63, 3.8) is 0 Å². The monoisotopic (exact) mass is 790 g/mol. The predicted octanol–water partition coefficient (Wildman–Crippen LogP) is 16.3. The molecule has 1 aromatic heterocycles. The van der Waals surface area contributed by atoms with Crippen molar-refractivity contribution in [3.8, 4) is 50.2 Å². The Labute approximate surface area is 361 Å². The number of para-hydroxylation sites is 1. The van der Waals surface area contributed by atoms with Crippen LogP contribution >= 0.6 is 0 Å². The molecule has 0 unspecified atom stereocenters. The van der Waals surface area contributed by atoms with Crippen molar-refractivity contribution < 1.29 is 0 Å². The molecular weight excluding hydrogens is 749 g/mol. The van der Waals surface area contributed by atoms with Crippen LogP contribution in [-0.2, 0) is 6.42 Å². The van der Waals surface area contributed by atoms with Crippen LogP contribution in [0.25, 0.3) is 115 Å². The summed E-state index contributed by atoms with van der Waals surface area (Å²) in [5.41, 5.74) is 14.4. The third-order valence-corrected chi connectivity index (χ3v) is 13.1. The van der Waals surface area contributed by atoms with Crippen LogP contribution in [0.2, 0.25) is 0 Å². The number of hydrogen-bond donors (Lipinski definition) is 0. The van der Waals surface area contributed by atoms with Gasteiger partial charge in [0.25, 0.3) is 0 Å². The maximum absolute atomic E-state index is 5.06. The average molecular weight is 791 g/mol. The highest BCUT2D eigenvalue weighted by atomic mass is 15.1. The topological polar surface area (TPSA) is 17.8 Å². The molecule has 0 bridgehead atoms. The number of fused-ring (bicyclic) bond motifs is 8. The second kappa shape index (κ2) is 14.4. The third kappa shape index (κ3) is 5.75. The Morgan fingerprint density at radius 1 is 0.387 bits per heavy atom. The summed E-state index contributed by atoms with van der Waals surface area (Å²) in [5.74, 6) is 1.07. The van der Waals surface area contributed by atoms with E-state index in [1.54, 1.807) is 0 Å². The first kappa shape index (κ1) is 36.1. The van der Waals surface area contributed by atoms with Gasteiger partial charge in [0.15, 0.2) is 0 Å². The standard InChI is InChI=1S/C60H42N2/c1-3-57-61-55-37-44(31-35-56(55)62(57)47-16-5-4-6-17-47)39-22-24-40(25-23-39)48-33-34-49(52-19-8-7-18-51(48)52)45-30-32-50-46(36-45)29-28-42-14-10-20-53(59(42)50)54-21-11-15-43-27-26-41-13-9-12-38(2)58(41)60(43)54/h4-37H,3H2,1-2H3. The van der Waals surface area contributed by atoms with Gasteiger partial charge in [-0.3, -0.25) is 4.57 Å². The fourth-order valence-corrected chi connectivity index (χ4v) is 10.1. The van der Waals surface area contributed by atoms with E-state index >= 15 is 0 Å². The molecule has 12 rings (SSSR count). The number of rotatable bonds is 6. The van der Waals surface area contributed by atoms with E-state index in [1.807, 2.05) is 0 Å². The molecule has 0 amide bonds. The lowest BCUT2D eigenvalue weighted by atomic mass is 9.87. The Morgan fingerprint density at radius 2 is 0.968 bits per heavy atom. The van der Waals surface area contributed by atoms with Crippen molar-refractivity contribution in [2.75, 3.05) is 0 Å². The fraction of sp³-hybridized carbons (Fsp3) is 0.0500. The van der Waals surface area contributed by atoms with Gasteiger partial charge in [0, 0.05) is 12.1 Å². The van der Waals surface area contributed by atoms with E-state index in [-0.39, 0.29) is 0 Å². The summed E-state index contributed by atoms with van der Waals surface area (Å²) in [6.45, 7) is 4.40. The molecule has 0 aliphatic carbocycles. The minimum absolute atomic E-state index is 0.865. The predicted molar refractivity (Wildman–Crippen MR) is 264 cm³/mol. The Hall–Kier alpha value is -7.81. The minimum atomic E-state index is 0.865. The van der Waals surface area contributed by atoms with Crippen molar-refractivity contribution in [3.05, 3.63) is 218 Å². The molecule has 0 atom stereocenters. The largest absolute Gasteiger partial charge is 0.296 e. The first-order chi connectivity index (χ1) is 30.6. The Kier molecular flexibility index (Phi) is 8.40. The smallest absolute Gasteiger partial charge is 0.114 e. The first-order valence-corrected chi connectivity index (χ1v) is 21.7. The van der Waals surface area contributed by atoms with Gasteiger partial charge < -0.3 is 0 Å².